The zero-order chi connectivity index (χ0) is 12.7. The zero-order valence-corrected chi connectivity index (χ0v) is 10.2. The summed E-state index contributed by atoms with van der Waals surface area (Å²) in [5, 5.41) is 7.11. The van der Waals surface area contributed by atoms with Gasteiger partial charge in [-0.3, -0.25) is 5.41 Å². The van der Waals surface area contributed by atoms with Gasteiger partial charge in [0.15, 0.2) is 11.5 Å². The van der Waals surface area contributed by atoms with Gasteiger partial charge >= 0.3 is 0 Å². The quantitative estimate of drug-likeness (QED) is 0.431. The monoisotopic (exact) mass is 238 g/mol. The van der Waals surface area contributed by atoms with Crippen molar-refractivity contribution in [1.29, 1.82) is 5.41 Å². The Balaban J connectivity index is 2.64. The van der Waals surface area contributed by atoms with Crippen LogP contribution in [0.5, 0.6) is 17.2 Å². The van der Waals surface area contributed by atoms with Gasteiger partial charge in [-0.25, -0.2) is 0 Å². The minimum atomic E-state index is 0.167. The van der Waals surface area contributed by atoms with Crippen molar-refractivity contribution in [3.05, 3.63) is 18.2 Å². The first kappa shape index (κ1) is 13.2. The lowest BCUT2D eigenvalue weighted by atomic mass is 10.3. The molecule has 5 nitrogen and oxygen atoms in total. The van der Waals surface area contributed by atoms with Crippen molar-refractivity contribution in [3.8, 4) is 17.2 Å². The summed E-state index contributed by atoms with van der Waals surface area (Å²) in [7, 11) is 3.16. The molecule has 5 heteroatoms. The van der Waals surface area contributed by atoms with Crippen LogP contribution in [0.25, 0.3) is 0 Å². The highest BCUT2D eigenvalue weighted by Gasteiger charge is 2.10. The van der Waals surface area contributed by atoms with Crippen LogP contribution in [-0.4, -0.2) is 26.7 Å². The van der Waals surface area contributed by atoms with Gasteiger partial charge in [0.2, 0.25) is 5.75 Å². The number of para-hydroxylation sites is 1. The molecule has 1 rings (SSSR count). The zero-order valence-electron chi connectivity index (χ0n) is 10.2. The van der Waals surface area contributed by atoms with Crippen LogP contribution in [0.2, 0.25) is 0 Å². The number of nitrogens with two attached hydrogens (primary N) is 1. The Bertz CT molecular complexity index is 358. The van der Waals surface area contributed by atoms with E-state index in [1.165, 1.54) is 0 Å². The van der Waals surface area contributed by atoms with E-state index < -0.39 is 0 Å². The molecule has 1 aromatic rings. The first-order valence-electron chi connectivity index (χ1n) is 5.35. The molecule has 0 radical (unpaired) electrons. The Hall–Kier alpha value is -1.91. The first-order chi connectivity index (χ1) is 8.19. The molecule has 0 aromatic heterocycles. The van der Waals surface area contributed by atoms with Crippen LogP contribution in [0.4, 0.5) is 0 Å². The Kier molecular flexibility index (Phi) is 5.13. The number of benzene rings is 1. The van der Waals surface area contributed by atoms with Crippen molar-refractivity contribution in [3.63, 3.8) is 0 Å². The summed E-state index contributed by atoms with van der Waals surface area (Å²) in [4.78, 5) is 0. The lowest BCUT2D eigenvalue weighted by Crippen LogP contribution is -2.11. The van der Waals surface area contributed by atoms with Gasteiger partial charge in [-0.1, -0.05) is 6.07 Å². The minimum Gasteiger partial charge on any atom is -0.493 e. The van der Waals surface area contributed by atoms with E-state index in [1.54, 1.807) is 14.2 Å². The normalized spacial score (nSPS) is 9.76. The number of ether oxygens (including phenoxy) is 3. The fourth-order valence-corrected chi connectivity index (χ4v) is 1.40. The Morgan fingerprint density at radius 3 is 2.29 bits per heavy atom. The third-order valence-electron chi connectivity index (χ3n) is 2.22. The van der Waals surface area contributed by atoms with Gasteiger partial charge in [0, 0.05) is 6.42 Å². The fourth-order valence-electron chi connectivity index (χ4n) is 1.40. The summed E-state index contributed by atoms with van der Waals surface area (Å²) in [6, 6.07) is 5.45. The average Bonchev–Trinajstić information content (AvgIpc) is 2.34. The molecule has 0 bridgehead atoms. The average molecular weight is 238 g/mol. The van der Waals surface area contributed by atoms with Gasteiger partial charge in [-0.15, -0.1) is 0 Å². The van der Waals surface area contributed by atoms with Gasteiger partial charge in [0.25, 0.3) is 0 Å². The van der Waals surface area contributed by atoms with Crippen LogP contribution in [-0.2, 0) is 0 Å². The molecular weight excluding hydrogens is 220 g/mol. The molecule has 0 aliphatic heterocycles. The molecule has 0 heterocycles. The molecule has 94 valence electrons. The summed E-state index contributed by atoms with van der Waals surface area (Å²) >= 11 is 0. The highest BCUT2D eigenvalue weighted by atomic mass is 16.5. The number of rotatable bonds is 7. The van der Waals surface area contributed by atoms with Gasteiger partial charge in [0.05, 0.1) is 26.7 Å². The van der Waals surface area contributed by atoms with Crippen molar-refractivity contribution in [2.75, 3.05) is 20.8 Å². The van der Waals surface area contributed by atoms with E-state index in [-0.39, 0.29) is 5.84 Å². The van der Waals surface area contributed by atoms with Gasteiger partial charge in [-0.2, -0.15) is 0 Å². The van der Waals surface area contributed by atoms with E-state index in [2.05, 4.69) is 0 Å². The maximum absolute atomic E-state index is 7.11. The number of methoxy groups -OCH3 is 2. The lowest BCUT2D eigenvalue weighted by Gasteiger charge is -2.13. The van der Waals surface area contributed by atoms with Crippen LogP contribution >= 0.6 is 0 Å². The number of hydrogen-bond acceptors (Lipinski definition) is 4. The Labute approximate surface area is 101 Å². The second kappa shape index (κ2) is 6.62. The molecule has 0 unspecified atom stereocenters. The molecule has 0 saturated carbocycles. The number of nitrogens with one attached hydrogen (secondary N) is 1. The van der Waals surface area contributed by atoms with Crippen molar-refractivity contribution in [1.82, 2.24) is 0 Å². The summed E-state index contributed by atoms with van der Waals surface area (Å²) in [6.07, 6.45) is 1.22. The van der Waals surface area contributed by atoms with Crippen LogP contribution in [0.15, 0.2) is 18.2 Å². The third kappa shape index (κ3) is 3.86. The van der Waals surface area contributed by atoms with E-state index in [4.69, 9.17) is 25.4 Å². The maximum Gasteiger partial charge on any atom is 0.203 e. The highest BCUT2D eigenvalue weighted by Crippen LogP contribution is 2.36. The number of hydrogen-bond donors (Lipinski definition) is 2. The van der Waals surface area contributed by atoms with Crippen molar-refractivity contribution in [2.24, 2.45) is 5.73 Å². The lowest BCUT2D eigenvalue weighted by molar-refractivity contribution is 0.272. The summed E-state index contributed by atoms with van der Waals surface area (Å²) in [6.45, 7) is 0.469. The molecule has 0 aliphatic rings. The molecule has 17 heavy (non-hydrogen) atoms. The molecule has 0 spiro atoms. The van der Waals surface area contributed by atoms with Crippen LogP contribution in [0, 0.1) is 5.41 Å². The molecule has 0 amide bonds. The summed E-state index contributed by atoms with van der Waals surface area (Å²) in [5.74, 6) is 2.01. The second-order valence-corrected chi connectivity index (χ2v) is 3.47. The topological polar surface area (TPSA) is 77.6 Å². The predicted molar refractivity (Wildman–Crippen MR) is 66.2 cm³/mol. The summed E-state index contributed by atoms with van der Waals surface area (Å²) in [5.41, 5.74) is 5.26. The molecular formula is C12H18N2O3. The smallest absolute Gasteiger partial charge is 0.203 e. The van der Waals surface area contributed by atoms with Crippen LogP contribution in [0.1, 0.15) is 12.8 Å². The van der Waals surface area contributed by atoms with E-state index in [1.807, 2.05) is 18.2 Å². The standard InChI is InChI=1S/C12H18N2O3/c1-15-9-5-3-6-10(16-2)12(9)17-8-4-7-11(13)14/h3,5-6H,4,7-8H2,1-2H3,(H3,13,14). The van der Waals surface area contributed by atoms with E-state index in [0.717, 1.165) is 0 Å². The molecule has 0 aliphatic carbocycles. The summed E-state index contributed by atoms with van der Waals surface area (Å²) < 4.78 is 16.0. The first-order valence-corrected chi connectivity index (χ1v) is 5.35. The van der Waals surface area contributed by atoms with Gasteiger partial charge in [0.1, 0.15) is 0 Å². The Morgan fingerprint density at radius 1 is 1.24 bits per heavy atom. The Morgan fingerprint density at radius 2 is 1.82 bits per heavy atom. The molecule has 0 atom stereocenters. The van der Waals surface area contributed by atoms with Gasteiger partial charge in [-0.05, 0) is 18.6 Å². The third-order valence-corrected chi connectivity index (χ3v) is 2.22. The van der Waals surface area contributed by atoms with Crippen LogP contribution < -0.4 is 19.9 Å². The number of amidine groups is 1. The molecule has 0 saturated heterocycles. The predicted octanol–water partition coefficient (Wildman–Crippen LogP) is 1.80. The molecule has 1 aromatic carbocycles. The maximum atomic E-state index is 7.11. The van der Waals surface area contributed by atoms with Crippen molar-refractivity contribution >= 4 is 5.84 Å². The highest BCUT2D eigenvalue weighted by molar-refractivity contribution is 5.76. The largest absolute Gasteiger partial charge is 0.493 e. The van der Waals surface area contributed by atoms with E-state index in [9.17, 15) is 0 Å². The van der Waals surface area contributed by atoms with Gasteiger partial charge < -0.3 is 19.9 Å². The SMILES string of the molecule is COc1cccc(OC)c1OCCCC(=N)N. The minimum absolute atomic E-state index is 0.167. The van der Waals surface area contributed by atoms with Crippen LogP contribution in [0.3, 0.4) is 0 Å². The molecule has 0 fully saturated rings. The van der Waals surface area contributed by atoms with E-state index >= 15 is 0 Å². The fraction of sp³-hybridized carbons (Fsp3) is 0.417. The van der Waals surface area contributed by atoms with E-state index in [0.29, 0.717) is 36.7 Å². The second-order valence-electron chi connectivity index (χ2n) is 3.47. The van der Waals surface area contributed by atoms with Crippen molar-refractivity contribution < 1.29 is 14.2 Å². The molecule has 3 N–H and O–H groups in total. The van der Waals surface area contributed by atoms with Crippen molar-refractivity contribution in [2.45, 2.75) is 12.8 Å².